The van der Waals surface area contributed by atoms with Gasteiger partial charge in [0.1, 0.15) is 28.7 Å². The maximum Gasteiger partial charge on any atom is 0.253 e. The van der Waals surface area contributed by atoms with Crippen molar-refractivity contribution in [3.05, 3.63) is 193 Å². The first-order valence-corrected chi connectivity index (χ1v) is 30.6. The molecule has 0 bridgehead atoms. The molecule has 15 rings (SSSR count). The molecule has 91 heavy (non-hydrogen) atoms. The van der Waals surface area contributed by atoms with Gasteiger partial charge in [-0.2, -0.15) is 10.2 Å². The van der Waals surface area contributed by atoms with E-state index in [1.807, 2.05) is 133 Å². The van der Waals surface area contributed by atoms with Crippen LogP contribution in [-0.2, 0) is 53.0 Å². The molecule has 3 aliphatic heterocycles. The minimum Gasteiger partial charge on any atom is -0.493 e. The van der Waals surface area contributed by atoms with Gasteiger partial charge in [0.15, 0.2) is 11.3 Å². The van der Waals surface area contributed by atoms with Crippen LogP contribution in [0.4, 0.5) is 22.2 Å². The van der Waals surface area contributed by atoms with E-state index in [1.54, 1.807) is 44.6 Å². The number of imidazole rings is 3. The standard InChI is InChI=1S/C25H23ClFN5O2.C21H21ClN6O.C21H22N6O/c1-14-13-32-23(30-14)19(16-5-4-15(10-20(16)26)24(33)31(2)3)12-29-25(32)28-11-18-17-8-9-34-22(17)7-6-21(18)27;1-12-8-18(27(3)26-12)16-10-24-21(28-11-13(2)25-20(16)28)23-9-15-14-6-7-29-19(14)5-4-17(15)22;1-13-9-18(26(3)25-13)17-11-23-21(27-12-14(2)24-20(17)27)22-10-15-5-4-6-19-16(15)7-8-28-19/h4-7,10,12-13H,8-9,11H2,1-3H3,(H,28,29);4-5,8,10-11H,6-7,9H2,1-3H3,(H,23,24);4-6,9,11-12H,7-8,10H2,1-3H3,(H,22,23). The maximum absolute atomic E-state index is 14.6. The zero-order valence-electron chi connectivity index (χ0n) is 51.8. The van der Waals surface area contributed by atoms with Gasteiger partial charge in [0.2, 0.25) is 17.8 Å². The summed E-state index contributed by atoms with van der Waals surface area (Å²) in [4.78, 5) is 41.9. The summed E-state index contributed by atoms with van der Waals surface area (Å²) in [5.74, 6) is 4.28. The fourth-order valence-electron chi connectivity index (χ4n) is 12.1. The van der Waals surface area contributed by atoms with Gasteiger partial charge in [-0.3, -0.25) is 27.4 Å². The first kappa shape index (κ1) is 59.9. The molecule has 1 amide bonds. The summed E-state index contributed by atoms with van der Waals surface area (Å²) < 4.78 is 41.0. The number of aromatic nitrogens is 13. The number of rotatable bonds is 13. The lowest BCUT2D eigenvalue weighted by atomic mass is 10.0. The van der Waals surface area contributed by atoms with Gasteiger partial charge in [-0.25, -0.2) is 34.3 Å². The zero-order valence-corrected chi connectivity index (χ0v) is 53.3. The maximum atomic E-state index is 14.6. The lowest BCUT2D eigenvalue weighted by molar-refractivity contribution is 0.0827. The number of nitrogens with zero attached hydrogens (tertiary/aromatic N) is 14. The Balaban J connectivity index is 0.000000126. The average molecular weight is 1260 g/mol. The quantitative estimate of drug-likeness (QED) is 0.0980. The summed E-state index contributed by atoms with van der Waals surface area (Å²) in [6.45, 7) is 13.4. The van der Waals surface area contributed by atoms with Crippen molar-refractivity contribution in [3.8, 4) is 50.9 Å². The van der Waals surface area contributed by atoms with Crippen LogP contribution in [0, 0.1) is 40.4 Å². The highest BCUT2D eigenvalue weighted by atomic mass is 35.5. The van der Waals surface area contributed by atoms with Crippen molar-refractivity contribution in [2.45, 2.75) is 73.5 Å². The van der Waals surface area contributed by atoms with E-state index >= 15 is 0 Å². The molecule has 3 aliphatic rings. The summed E-state index contributed by atoms with van der Waals surface area (Å²) in [5, 5.41) is 20.2. The minimum atomic E-state index is -0.273. The summed E-state index contributed by atoms with van der Waals surface area (Å²) in [6.07, 6.45) is 13.8. The number of hydrogen-bond donors (Lipinski definition) is 3. The number of amides is 1. The monoisotopic (exact) mass is 1260 g/mol. The van der Waals surface area contributed by atoms with Crippen molar-refractivity contribution in [2.24, 2.45) is 14.1 Å². The van der Waals surface area contributed by atoms with Crippen molar-refractivity contribution < 1.29 is 23.4 Å². The highest BCUT2D eigenvalue weighted by molar-refractivity contribution is 6.34. The number of halogens is 3. The molecule has 0 unspecified atom stereocenters. The van der Waals surface area contributed by atoms with Crippen LogP contribution in [-0.4, -0.2) is 107 Å². The number of nitrogens with one attached hydrogen (secondary N) is 3. The second kappa shape index (κ2) is 24.7. The predicted molar refractivity (Wildman–Crippen MR) is 349 cm³/mol. The summed E-state index contributed by atoms with van der Waals surface area (Å²) in [6, 6.07) is 22.4. The molecule has 0 fully saturated rings. The first-order valence-electron chi connectivity index (χ1n) is 29.8. The van der Waals surface area contributed by atoms with E-state index in [9.17, 15) is 9.18 Å². The third kappa shape index (κ3) is 11.8. The zero-order chi connectivity index (χ0) is 63.4. The van der Waals surface area contributed by atoms with Crippen LogP contribution in [0.15, 0.2) is 110 Å². The summed E-state index contributed by atoms with van der Waals surface area (Å²) in [5.41, 5.74) is 19.1. The molecule has 0 radical (unpaired) electrons. The van der Waals surface area contributed by atoms with Crippen LogP contribution < -0.4 is 30.2 Å². The summed E-state index contributed by atoms with van der Waals surface area (Å²) >= 11 is 13.0. The fourth-order valence-corrected chi connectivity index (χ4v) is 12.6. The number of fused-ring (bicyclic) bond motifs is 6. The third-order valence-electron chi connectivity index (χ3n) is 16.3. The number of hydrogen-bond acceptors (Lipinski definition) is 15. The molecule has 21 nitrogen and oxygen atoms in total. The van der Waals surface area contributed by atoms with Crippen LogP contribution in [0.2, 0.25) is 10.0 Å². The van der Waals surface area contributed by atoms with Crippen molar-refractivity contribution in [1.29, 1.82) is 0 Å². The highest BCUT2D eigenvalue weighted by Crippen LogP contribution is 2.37. The molecule has 3 N–H and O–H groups in total. The molecule has 11 heterocycles. The Bertz CT molecular complexity index is 4810. The fraction of sp³-hybridized carbons (Fsp3) is 0.269. The van der Waals surface area contributed by atoms with Gasteiger partial charge in [0.25, 0.3) is 5.91 Å². The van der Waals surface area contributed by atoms with Crippen molar-refractivity contribution in [3.63, 3.8) is 0 Å². The predicted octanol–water partition coefficient (Wildman–Crippen LogP) is 12.0. The molecular formula is C67H66Cl2FN17O4. The molecule has 8 aromatic heterocycles. The van der Waals surface area contributed by atoms with E-state index < -0.39 is 0 Å². The van der Waals surface area contributed by atoms with Crippen LogP contribution in [0.3, 0.4) is 0 Å². The molecule has 12 aromatic rings. The Morgan fingerprint density at radius 1 is 0.538 bits per heavy atom. The number of carbonyl (C=O) groups excluding carboxylic acids is 1. The molecule has 4 aromatic carbocycles. The van der Waals surface area contributed by atoms with Crippen LogP contribution in [0.1, 0.15) is 72.2 Å². The topological polar surface area (TPSA) is 210 Å². The number of anilines is 3. The van der Waals surface area contributed by atoms with Gasteiger partial charge in [-0.05, 0) is 100 Å². The van der Waals surface area contributed by atoms with Crippen molar-refractivity contribution in [1.82, 2.24) is 67.6 Å². The molecule has 0 atom stereocenters. The SMILES string of the molecule is Cc1cn2c(NCc3c(Cl)ccc4c3CCO4)ncc(-c3cc(C)nn3C)c2n1.Cc1cn2c(NCc3c(F)ccc4c3CCO4)ncc(-c3ccc(C(=O)N(C)C)cc3Cl)c2n1.Cc1cn2c(NCc3cccc4c3CCO4)ncc(-c3cc(C)nn3C)c2n1. The van der Waals surface area contributed by atoms with E-state index in [1.165, 1.54) is 27.7 Å². The molecule has 0 spiro atoms. The Morgan fingerprint density at radius 2 is 1.01 bits per heavy atom. The van der Waals surface area contributed by atoms with Crippen LogP contribution >= 0.6 is 23.2 Å². The van der Waals surface area contributed by atoms with Crippen molar-refractivity contribution >= 4 is 63.9 Å². The van der Waals surface area contributed by atoms with E-state index in [2.05, 4.69) is 53.2 Å². The van der Waals surface area contributed by atoms with Crippen LogP contribution in [0.25, 0.3) is 50.6 Å². The Kier molecular flexibility index (Phi) is 16.3. The van der Waals surface area contributed by atoms with Crippen molar-refractivity contribution in [2.75, 3.05) is 49.9 Å². The first-order chi connectivity index (χ1) is 43.9. The molecule has 0 saturated heterocycles. The third-order valence-corrected chi connectivity index (χ3v) is 17.0. The molecule has 0 aliphatic carbocycles. The van der Waals surface area contributed by atoms with Gasteiger partial charge in [0.05, 0.1) is 70.8 Å². The second-order valence-electron chi connectivity index (χ2n) is 23.0. The van der Waals surface area contributed by atoms with Gasteiger partial charge in [-0.1, -0.05) is 41.4 Å². The van der Waals surface area contributed by atoms with Gasteiger partial charge in [0, 0.05) is 153 Å². The minimum absolute atomic E-state index is 0.127. The number of aryl methyl sites for hydroxylation is 7. The largest absolute Gasteiger partial charge is 0.493 e. The van der Waals surface area contributed by atoms with E-state index in [0.717, 1.165) is 138 Å². The Hall–Kier alpha value is -10.1. The summed E-state index contributed by atoms with van der Waals surface area (Å²) in [7, 11) is 7.26. The molecule has 0 saturated carbocycles. The second-order valence-corrected chi connectivity index (χ2v) is 23.8. The highest BCUT2D eigenvalue weighted by Gasteiger charge is 2.24. The number of carbonyl (C=O) groups is 1. The lowest BCUT2D eigenvalue weighted by Gasteiger charge is -2.14. The Labute approximate surface area is 533 Å². The van der Waals surface area contributed by atoms with Gasteiger partial charge < -0.3 is 35.1 Å². The van der Waals surface area contributed by atoms with Gasteiger partial charge >= 0.3 is 0 Å². The van der Waals surface area contributed by atoms with Crippen LogP contribution in [0.5, 0.6) is 17.2 Å². The molecule has 24 heteroatoms. The van der Waals surface area contributed by atoms with E-state index in [0.29, 0.717) is 60.5 Å². The van der Waals surface area contributed by atoms with Gasteiger partial charge in [-0.15, -0.1) is 0 Å². The average Bonchev–Trinajstić information content (AvgIpc) is 1.97. The number of benzene rings is 4. The molecular weight excluding hydrogens is 1200 g/mol. The molecule has 464 valence electrons. The lowest BCUT2D eigenvalue weighted by Crippen LogP contribution is -2.21. The van der Waals surface area contributed by atoms with E-state index in [-0.39, 0.29) is 18.3 Å². The normalized spacial score (nSPS) is 12.8. The number of ether oxygens (including phenoxy) is 3. The smallest absolute Gasteiger partial charge is 0.253 e. The van der Waals surface area contributed by atoms with E-state index in [4.69, 9.17) is 52.4 Å². The Morgan fingerprint density at radius 3 is 1.53 bits per heavy atom.